The lowest BCUT2D eigenvalue weighted by atomic mass is 9.92. The normalized spacial score (nSPS) is 18.3. The van der Waals surface area contributed by atoms with Gasteiger partial charge in [-0.25, -0.2) is 22.8 Å². The summed E-state index contributed by atoms with van der Waals surface area (Å²) in [4.78, 5) is 21.6. The van der Waals surface area contributed by atoms with Crippen molar-refractivity contribution in [1.29, 1.82) is 0 Å². The van der Waals surface area contributed by atoms with Crippen molar-refractivity contribution in [3.05, 3.63) is 65.9 Å². The fraction of sp³-hybridized carbons (Fsp3) is 0.333. The van der Waals surface area contributed by atoms with Gasteiger partial charge in [0.1, 0.15) is 5.82 Å². The third-order valence-electron chi connectivity index (χ3n) is 6.17. The lowest BCUT2D eigenvalue weighted by molar-refractivity contribution is -0.0448. The number of ketones is 1. The van der Waals surface area contributed by atoms with E-state index < -0.39 is 5.92 Å². The molecule has 2 aliphatic rings. The Morgan fingerprint density at radius 3 is 2.66 bits per heavy atom. The van der Waals surface area contributed by atoms with Gasteiger partial charge in [0.2, 0.25) is 5.92 Å². The number of alkyl halides is 2. The molecule has 0 radical (unpaired) electrons. The molecule has 3 heterocycles. The van der Waals surface area contributed by atoms with Crippen LogP contribution in [0, 0.1) is 5.82 Å². The number of Topliss-reactive ketones (excluding diaryl/α,β-unsaturated/α-hetero) is 1. The lowest BCUT2D eigenvalue weighted by Crippen LogP contribution is -2.27. The van der Waals surface area contributed by atoms with Crippen LogP contribution in [0.15, 0.2) is 53.9 Å². The molecule has 5 rings (SSSR count). The summed E-state index contributed by atoms with van der Waals surface area (Å²) in [5, 5.41) is 4.32. The second-order valence-corrected chi connectivity index (χ2v) is 8.41. The third-order valence-corrected chi connectivity index (χ3v) is 6.17. The van der Waals surface area contributed by atoms with E-state index in [0.717, 1.165) is 11.1 Å². The number of benzene rings is 1. The maximum absolute atomic E-state index is 14.0. The van der Waals surface area contributed by atoms with Gasteiger partial charge in [-0.1, -0.05) is 12.1 Å². The molecule has 5 nitrogen and oxygen atoms in total. The molecule has 0 N–H and O–H groups in total. The summed E-state index contributed by atoms with van der Waals surface area (Å²) in [5.74, 6) is -2.65. The SMILES string of the molecule is O=C1CC(Cc2ccc(F)cc2-c2cccnc2)=Nc2c1cnn2C1CCC(F)(F)CC1. The molecule has 0 atom stereocenters. The molecule has 0 spiro atoms. The van der Waals surface area contributed by atoms with Crippen LogP contribution in [0.5, 0.6) is 0 Å². The van der Waals surface area contributed by atoms with Crippen molar-refractivity contribution < 1.29 is 18.0 Å². The Labute approximate surface area is 183 Å². The van der Waals surface area contributed by atoms with Crippen LogP contribution < -0.4 is 0 Å². The maximum atomic E-state index is 14.0. The van der Waals surface area contributed by atoms with Crippen LogP contribution in [-0.4, -0.2) is 32.2 Å². The number of carbonyl (C=O) groups is 1. The third kappa shape index (κ3) is 3.97. The van der Waals surface area contributed by atoms with Crippen molar-refractivity contribution in [2.75, 3.05) is 0 Å². The summed E-state index contributed by atoms with van der Waals surface area (Å²) in [6.07, 6.45) is 5.52. The van der Waals surface area contributed by atoms with Gasteiger partial charge >= 0.3 is 0 Å². The maximum Gasteiger partial charge on any atom is 0.248 e. The summed E-state index contributed by atoms with van der Waals surface area (Å²) in [5.41, 5.74) is 3.37. The highest BCUT2D eigenvalue weighted by Crippen LogP contribution is 2.41. The molecule has 1 fully saturated rings. The van der Waals surface area contributed by atoms with Gasteiger partial charge in [0.15, 0.2) is 11.6 Å². The minimum absolute atomic E-state index is 0.0950. The molecule has 0 unspecified atom stereocenters. The highest BCUT2D eigenvalue weighted by Gasteiger charge is 2.37. The molecular weight excluding hydrogens is 417 g/mol. The van der Waals surface area contributed by atoms with Crippen LogP contribution in [0.4, 0.5) is 19.0 Å². The van der Waals surface area contributed by atoms with E-state index in [-0.39, 0.29) is 36.9 Å². The quantitative estimate of drug-likeness (QED) is 0.522. The Balaban J connectivity index is 1.47. The Morgan fingerprint density at radius 1 is 1.09 bits per heavy atom. The Bertz CT molecular complexity index is 1190. The number of carbonyl (C=O) groups excluding carboxylic acids is 1. The van der Waals surface area contributed by atoms with Crippen molar-refractivity contribution >= 4 is 17.3 Å². The number of aliphatic imine (C=N–C) groups is 1. The molecule has 1 aliphatic carbocycles. The molecule has 0 saturated heterocycles. The molecule has 0 bridgehead atoms. The summed E-state index contributed by atoms with van der Waals surface area (Å²) in [6.45, 7) is 0. The summed E-state index contributed by atoms with van der Waals surface area (Å²) < 4.78 is 42.8. The van der Waals surface area contributed by atoms with Gasteiger partial charge in [-0.3, -0.25) is 9.78 Å². The topological polar surface area (TPSA) is 60.1 Å². The molecule has 1 saturated carbocycles. The number of halogens is 3. The summed E-state index contributed by atoms with van der Waals surface area (Å²) in [6, 6.07) is 7.97. The summed E-state index contributed by atoms with van der Waals surface area (Å²) in [7, 11) is 0. The first-order chi connectivity index (χ1) is 15.4. The van der Waals surface area contributed by atoms with Gasteiger partial charge in [-0.2, -0.15) is 5.10 Å². The van der Waals surface area contributed by atoms with E-state index in [9.17, 15) is 18.0 Å². The predicted molar refractivity (Wildman–Crippen MR) is 114 cm³/mol. The molecule has 164 valence electrons. The van der Waals surface area contributed by atoms with E-state index in [2.05, 4.69) is 10.1 Å². The second-order valence-electron chi connectivity index (χ2n) is 8.41. The predicted octanol–water partition coefficient (Wildman–Crippen LogP) is 5.74. The number of pyridine rings is 1. The van der Waals surface area contributed by atoms with E-state index in [1.807, 2.05) is 6.07 Å². The van der Waals surface area contributed by atoms with Gasteiger partial charge in [-0.05, 0) is 42.2 Å². The highest BCUT2D eigenvalue weighted by molar-refractivity contribution is 6.15. The highest BCUT2D eigenvalue weighted by atomic mass is 19.3. The van der Waals surface area contributed by atoms with Crippen molar-refractivity contribution in [2.45, 2.75) is 50.5 Å². The number of rotatable bonds is 4. The monoisotopic (exact) mass is 438 g/mol. The molecular formula is C24H21F3N4O. The molecule has 1 aliphatic heterocycles. The number of hydrogen-bond acceptors (Lipinski definition) is 4. The van der Waals surface area contributed by atoms with Crippen LogP contribution in [0.3, 0.4) is 0 Å². The molecule has 2 aromatic heterocycles. The Hall–Kier alpha value is -3.29. The molecule has 3 aromatic rings. The number of aromatic nitrogens is 3. The van der Waals surface area contributed by atoms with E-state index in [1.165, 1.54) is 18.3 Å². The van der Waals surface area contributed by atoms with Crippen LogP contribution in [0.1, 0.15) is 54.1 Å². The van der Waals surface area contributed by atoms with E-state index in [1.54, 1.807) is 29.2 Å². The molecule has 32 heavy (non-hydrogen) atoms. The van der Waals surface area contributed by atoms with Gasteiger partial charge < -0.3 is 0 Å². The van der Waals surface area contributed by atoms with Gasteiger partial charge in [-0.15, -0.1) is 0 Å². The Morgan fingerprint density at radius 2 is 1.91 bits per heavy atom. The number of nitrogens with zero attached hydrogens (tertiary/aromatic N) is 4. The zero-order chi connectivity index (χ0) is 22.3. The first-order valence-electron chi connectivity index (χ1n) is 10.6. The van der Waals surface area contributed by atoms with E-state index >= 15 is 0 Å². The molecule has 8 heteroatoms. The van der Waals surface area contributed by atoms with Gasteiger partial charge in [0.25, 0.3) is 0 Å². The zero-order valence-corrected chi connectivity index (χ0v) is 17.3. The first kappa shape index (κ1) is 20.6. The smallest absolute Gasteiger partial charge is 0.248 e. The molecule has 1 aromatic carbocycles. The Kier molecular flexibility index (Phi) is 5.15. The molecule has 0 amide bonds. The second kappa shape index (κ2) is 8.00. The van der Waals surface area contributed by atoms with Crippen LogP contribution in [0.25, 0.3) is 11.1 Å². The van der Waals surface area contributed by atoms with Crippen LogP contribution >= 0.6 is 0 Å². The fourth-order valence-electron chi connectivity index (χ4n) is 4.49. The average Bonchev–Trinajstić information content (AvgIpc) is 3.20. The largest absolute Gasteiger partial charge is 0.294 e. The lowest BCUT2D eigenvalue weighted by Gasteiger charge is -2.29. The van der Waals surface area contributed by atoms with Crippen LogP contribution in [0.2, 0.25) is 0 Å². The summed E-state index contributed by atoms with van der Waals surface area (Å²) >= 11 is 0. The zero-order valence-electron chi connectivity index (χ0n) is 17.3. The van der Waals surface area contributed by atoms with Crippen LogP contribution in [-0.2, 0) is 6.42 Å². The van der Waals surface area contributed by atoms with Gasteiger partial charge in [0, 0.05) is 42.9 Å². The van der Waals surface area contributed by atoms with Gasteiger partial charge in [0.05, 0.1) is 24.2 Å². The van der Waals surface area contributed by atoms with Crippen molar-refractivity contribution in [1.82, 2.24) is 14.8 Å². The van der Waals surface area contributed by atoms with Crippen molar-refractivity contribution in [3.63, 3.8) is 0 Å². The fourth-order valence-corrected chi connectivity index (χ4v) is 4.49. The standard InChI is InChI=1S/C24H21F3N4O/c25-17-4-3-15(20(11-17)16-2-1-9-28-13-16)10-18-12-22(32)21-14-29-31(23(21)30-18)19-5-7-24(26,27)8-6-19/h1-4,9,11,13-14,19H,5-8,10,12H2. The number of fused-ring (bicyclic) bond motifs is 1. The average molecular weight is 438 g/mol. The van der Waals surface area contributed by atoms with E-state index in [0.29, 0.717) is 41.9 Å². The van der Waals surface area contributed by atoms with E-state index in [4.69, 9.17) is 4.99 Å². The van der Waals surface area contributed by atoms with Crippen molar-refractivity contribution in [2.24, 2.45) is 4.99 Å². The first-order valence-corrected chi connectivity index (χ1v) is 10.6. The minimum atomic E-state index is -2.64. The number of hydrogen-bond donors (Lipinski definition) is 0. The van der Waals surface area contributed by atoms with Crippen molar-refractivity contribution in [3.8, 4) is 11.1 Å². The minimum Gasteiger partial charge on any atom is -0.294 e.